The Morgan fingerprint density at radius 2 is 1.97 bits per heavy atom. The van der Waals surface area contributed by atoms with Crippen LogP contribution >= 0.6 is 0 Å². The number of aryl methyl sites for hydroxylation is 2. The lowest BCUT2D eigenvalue weighted by atomic mass is 10.1. The zero-order chi connectivity index (χ0) is 20.8. The molecular formula is C22H33N3O4. The monoisotopic (exact) mass is 403 g/mol. The van der Waals surface area contributed by atoms with Gasteiger partial charge in [0.15, 0.2) is 11.5 Å². The minimum atomic E-state index is -0.501. The van der Waals surface area contributed by atoms with E-state index in [-0.39, 0.29) is 6.61 Å². The standard InChI is InChI=1S/C22H33N3O4/c1-16-20(17(2)29-23-16)14-24(3)12-18-7-8-21(22(11-18)27-4)28-15-19(26)13-25-9-5-6-10-25/h7-8,11,19,26H,5-6,9-10,12-15H2,1-4H3/t19-/m1/s1. The summed E-state index contributed by atoms with van der Waals surface area (Å²) in [6.45, 7) is 8.49. The number of ether oxygens (including phenoxy) is 2. The smallest absolute Gasteiger partial charge is 0.161 e. The summed E-state index contributed by atoms with van der Waals surface area (Å²) in [7, 11) is 3.71. The van der Waals surface area contributed by atoms with Gasteiger partial charge in [0.05, 0.1) is 12.8 Å². The Labute approximate surface area is 173 Å². The molecule has 0 amide bonds. The second-order valence-electron chi connectivity index (χ2n) is 7.93. The van der Waals surface area contributed by atoms with E-state index in [0.29, 0.717) is 18.0 Å². The molecule has 1 aliphatic heterocycles. The summed E-state index contributed by atoms with van der Waals surface area (Å²) in [5.41, 5.74) is 3.19. The zero-order valence-corrected chi connectivity index (χ0v) is 18.0. The Morgan fingerprint density at radius 3 is 2.62 bits per heavy atom. The number of hydrogen-bond donors (Lipinski definition) is 1. The minimum Gasteiger partial charge on any atom is -0.493 e. The van der Waals surface area contributed by atoms with Crippen LogP contribution < -0.4 is 9.47 Å². The van der Waals surface area contributed by atoms with Gasteiger partial charge >= 0.3 is 0 Å². The van der Waals surface area contributed by atoms with Crippen LogP contribution in [0.1, 0.15) is 35.4 Å². The van der Waals surface area contributed by atoms with Gasteiger partial charge in [-0.3, -0.25) is 4.90 Å². The van der Waals surface area contributed by atoms with Crippen LogP contribution in [0.15, 0.2) is 22.7 Å². The molecule has 0 radical (unpaired) electrons. The van der Waals surface area contributed by atoms with Crippen molar-refractivity contribution in [3.05, 3.63) is 40.8 Å². The van der Waals surface area contributed by atoms with Gasteiger partial charge in [-0.25, -0.2) is 0 Å². The number of likely N-dealkylation sites (tertiary alicyclic amines) is 1. The van der Waals surface area contributed by atoms with E-state index >= 15 is 0 Å². The largest absolute Gasteiger partial charge is 0.493 e. The van der Waals surface area contributed by atoms with Gasteiger partial charge in [-0.15, -0.1) is 0 Å². The SMILES string of the molecule is COc1cc(CN(C)Cc2c(C)noc2C)ccc1OC[C@H](O)CN1CCCC1. The van der Waals surface area contributed by atoms with E-state index in [1.165, 1.54) is 12.8 Å². The van der Waals surface area contributed by atoms with Crippen molar-refractivity contribution >= 4 is 0 Å². The molecule has 3 rings (SSSR count). The lowest BCUT2D eigenvalue weighted by Crippen LogP contribution is -2.33. The van der Waals surface area contributed by atoms with Crippen LogP contribution in [-0.4, -0.2) is 66.6 Å². The van der Waals surface area contributed by atoms with Crippen molar-refractivity contribution in [3.63, 3.8) is 0 Å². The van der Waals surface area contributed by atoms with Crippen LogP contribution in [0.3, 0.4) is 0 Å². The van der Waals surface area contributed by atoms with Gasteiger partial charge in [0, 0.05) is 25.2 Å². The molecule has 7 nitrogen and oxygen atoms in total. The maximum atomic E-state index is 10.2. The Morgan fingerprint density at radius 1 is 1.21 bits per heavy atom. The van der Waals surface area contributed by atoms with Gasteiger partial charge in [0.1, 0.15) is 18.5 Å². The van der Waals surface area contributed by atoms with Crippen molar-refractivity contribution in [2.75, 3.05) is 40.4 Å². The maximum Gasteiger partial charge on any atom is 0.161 e. The fourth-order valence-corrected chi connectivity index (χ4v) is 3.80. The van der Waals surface area contributed by atoms with Gasteiger partial charge in [0.2, 0.25) is 0 Å². The number of nitrogens with zero attached hydrogens (tertiary/aromatic N) is 3. The zero-order valence-electron chi connectivity index (χ0n) is 18.0. The minimum absolute atomic E-state index is 0.262. The molecule has 1 aliphatic rings. The van der Waals surface area contributed by atoms with E-state index in [9.17, 15) is 5.11 Å². The fourth-order valence-electron chi connectivity index (χ4n) is 3.80. The molecule has 160 valence electrons. The first-order valence-electron chi connectivity index (χ1n) is 10.3. The summed E-state index contributed by atoms with van der Waals surface area (Å²) in [5, 5.41) is 14.3. The van der Waals surface area contributed by atoms with Gasteiger partial charge in [-0.1, -0.05) is 11.2 Å². The highest BCUT2D eigenvalue weighted by atomic mass is 16.5. The lowest BCUT2D eigenvalue weighted by Gasteiger charge is -2.21. The van der Waals surface area contributed by atoms with Gasteiger partial charge in [-0.05, 0) is 64.5 Å². The maximum absolute atomic E-state index is 10.2. The summed E-state index contributed by atoms with van der Waals surface area (Å²) in [6, 6.07) is 5.95. The third kappa shape index (κ3) is 5.95. The molecule has 1 atom stereocenters. The summed E-state index contributed by atoms with van der Waals surface area (Å²) in [6.07, 6.45) is 1.93. The quantitative estimate of drug-likeness (QED) is 0.654. The highest BCUT2D eigenvalue weighted by molar-refractivity contribution is 5.43. The van der Waals surface area contributed by atoms with E-state index in [0.717, 1.165) is 48.8 Å². The number of β-amino-alcohol motifs (C(OH)–C–C–N with tert-alkyl or cyclic N) is 1. The number of benzene rings is 1. The van der Waals surface area contributed by atoms with Crippen LogP contribution in [0.25, 0.3) is 0 Å². The Kier molecular flexibility index (Phi) is 7.52. The summed E-state index contributed by atoms with van der Waals surface area (Å²) in [4.78, 5) is 4.49. The molecule has 2 heterocycles. The van der Waals surface area contributed by atoms with E-state index in [2.05, 4.69) is 22.0 Å². The van der Waals surface area contributed by atoms with Gasteiger partial charge in [-0.2, -0.15) is 0 Å². The Hall–Kier alpha value is -2.09. The van der Waals surface area contributed by atoms with Crippen LogP contribution in [0, 0.1) is 13.8 Å². The number of methoxy groups -OCH3 is 1. The molecule has 1 fully saturated rings. The number of hydrogen-bond acceptors (Lipinski definition) is 7. The normalized spacial score (nSPS) is 15.8. The second-order valence-corrected chi connectivity index (χ2v) is 7.93. The average Bonchev–Trinajstić information content (AvgIpc) is 3.32. The first-order chi connectivity index (χ1) is 14.0. The van der Waals surface area contributed by atoms with Crippen LogP contribution in [-0.2, 0) is 13.1 Å². The molecule has 2 aromatic rings. The Balaban J connectivity index is 1.55. The molecule has 0 aliphatic carbocycles. The highest BCUT2D eigenvalue weighted by Gasteiger charge is 2.17. The van der Waals surface area contributed by atoms with Crippen molar-refractivity contribution in [1.29, 1.82) is 0 Å². The molecular weight excluding hydrogens is 370 g/mol. The topological polar surface area (TPSA) is 71.2 Å². The third-order valence-electron chi connectivity index (χ3n) is 5.39. The molecule has 0 spiro atoms. The molecule has 0 saturated carbocycles. The first kappa shape index (κ1) is 21.6. The molecule has 1 N–H and O–H groups in total. The van der Waals surface area contributed by atoms with Crippen molar-refractivity contribution in [3.8, 4) is 11.5 Å². The number of aliphatic hydroxyl groups excluding tert-OH is 1. The molecule has 0 unspecified atom stereocenters. The molecule has 1 saturated heterocycles. The third-order valence-corrected chi connectivity index (χ3v) is 5.39. The van der Waals surface area contributed by atoms with Crippen molar-refractivity contribution in [2.24, 2.45) is 0 Å². The van der Waals surface area contributed by atoms with Crippen LogP contribution in [0.4, 0.5) is 0 Å². The lowest BCUT2D eigenvalue weighted by molar-refractivity contribution is 0.0747. The van der Waals surface area contributed by atoms with Crippen LogP contribution in [0.2, 0.25) is 0 Å². The van der Waals surface area contributed by atoms with E-state index in [1.54, 1.807) is 7.11 Å². The predicted octanol–water partition coefficient (Wildman–Crippen LogP) is 2.77. The summed E-state index contributed by atoms with van der Waals surface area (Å²) >= 11 is 0. The Bertz CT molecular complexity index is 767. The fraction of sp³-hybridized carbons (Fsp3) is 0.591. The summed E-state index contributed by atoms with van der Waals surface area (Å²) in [5.74, 6) is 2.20. The molecule has 29 heavy (non-hydrogen) atoms. The first-order valence-corrected chi connectivity index (χ1v) is 10.3. The predicted molar refractivity (Wildman–Crippen MR) is 111 cm³/mol. The van der Waals surface area contributed by atoms with Crippen molar-refractivity contribution < 1.29 is 19.1 Å². The molecule has 0 bridgehead atoms. The van der Waals surface area contributed by atoms with E-state index in [1.807, 2.05) is 32.0 Å². The molecule has 7 heteroatoms. The number of aliphatic hydroxyl groups is 1. The van der Waals surface area contributed by atoms with E-state index in [4.69, 9.17) is 14.0 Å². The molecule has 1 aromatic heterocycles. The second kappa shape index (κ2) is 10.1. The van der Waals surface area contributed by atoms with E-state index < -0.39 is 6.10 Å². The van der Waals surface area contributed by atoms with Gasteiger partial charge < -0.3 is 24.0 Å². The summed E-state index contributed by atoms with van der Waals surface area (Å²) < 4.78 is 16.6. The average molecular weight is 404 g/mol. The molecule has 1 aromatic carbocycles. The van der Waals surface area contributed by atoms with Crippen molar-refractivity contribution in [1.82, 2.24) is 15.0 Å². The highest BCUT2D eigenvalue weighted by Crippen LogP contribution is 2.29. The number of rotatable bonds is 10. The van der Waals surface area contributed by atoms with Gasteiger partial charge in [0.25, 0.3) is 0 Å². The van der Waals surface area contributed by atoms with Crippen LogP contribution in [0.5, 0.6) is 11.5 Å². The number of aromatic nitrogens is 1. The van der Waals surface area contributed by atoms with Crippen molar-refractivity contribution in [2.45, 2.75) is 45.9 Å².